The Kier molecular flexibility index (Phi) is 8.57. The predicted octanol–water partition coefficient (Wildman–Crippen LogP) is 3.92. The lowest BCUT2D eigenvalue weighted by atomic mass is 10.2. The molecule has 0 saturated carbocycles. The van der Waals surface area contributed by atoms with Crippen LogP contribution in [0.5, 0.6) is 5.75 Å². The first kappa shape index (κ1) is 18.8. The summed E-state index contributed by atoms with van der Waals surface area (Å²) in [6.07, 6.45) is 0.838. The van der Waals surface area contributed by atoms with E-state index in [1.165, 1.54) is 6.07 Å². The second-order valence-electron chi connectivity index (χ2n) is 4.88. The van der Waals surface area contributed by atoms with E-state index < -0.39 is 5.97 Å². The molecule has 0 bridgehead atoms. The fraction of sp³-hybridized carbons (Fsp3) is 0.562. The van der Waals surface area contributed by atoms with E-state index in [2.05, 4.69) is 28.8 Å². The van der Waals surface area contributed by atoms with Gasteiger partial charge in [0.2, 0.25) is 0 Å². The van der Waals surface area contributed by atoms with Crippen molar-refractivity contribution >= 4 is 11.7 Å². The molecule has 7 heteroatoms. The fourth-order valence-corrected chi connectivity index (χ4v) is 2.00. The number of hydrogen-bond acceptors (Lipinski definition) is 5. The van der Waals surface area contributed by atoms with Crippen LogP contribution < -0.4 is 4.74 Å². The average Bonchev–Trinajstić information content (AvgIpc) is 2.57. The number of carbonyl (C=O) groups is 1. The number of esters is 1. The number of nitrogens with zero attached hydrogens (tertiary/aromatic N) is 4. The molecule has 1 aromatic carbocycles. The van der Waals surface area contributed by atoms with Gasteiger partial charge in [0.05, 0.1) is 17.9 Å². The lowest BCUT2D eigenvalue weighted by Gasteiger charge is -2.17. The van der Waals surface area contributed by atoms with Gasteiger partial charge in [-0.1, -0.05) is 25.9 Å². The molecular weight excluding hydrogens is 296 g/mol. The van der Waals surface area contributed by atoms with E-state index >= 15 is 0 Å². The van der Waals surface area contributed by atoms with E-state index in [1.54, 1.807) is 12.1 Å². The van der Waals surface area contributed by atoms with Crippen LogP contribution in [0.1, 0.15) is 37.6 Å². The molecule has 1 aromatic rings. The summed E-state index contributed by atoms with van der Waals surface area (Å²) in [6.45, 7) is 9.47. The molecule has 0 unspecified atom stereocenters. The predicted molar refractivity (Wildman–Crippen MR) is 89.1 cm³/mol. The monoisotopic (exact) mass is 320 g/mol. The highest BCUT2D eigenvalue weighted by atomic mass is 16.5. The molecule has 23 heavy (non-hydrogen) atoms. The van der Waals surface area contributed by atoms with Gasteiger partial charge in [0, 0.05) is 11.5 Å². The van der Waals surface area contributed by atoms with Crippen LogP contribution >= 0.6 is 0 Å². The summed E-state index contributed by atoms with van der Waals surface area (Å²) < 4.78 is 10.8. The maximum atomic E-state index is 12.1. The fourth-order valence-electron chi connectivity index (χ4n) is 2.00. The summed E-state index contributed by atoms with van der Waals surface area (Å²) in [5, 5.41) is 3.58. The number of hydrogen-bond donors (Lipinski definition) is 0. The van der Waals surface area contributed by atoms with Crippen molar-refractivity contribution in [2.75, 3.05) is 32.8 Å². The van der Waals surface area contributed by atoms with Crippen molar-refractivity contribution in [3.05, 3.63) is 34.2 Å². The molecule has 0 N–H and O–H groups in total. The van der Waals surface area contributed by atoms with Gasteiger partial charge in [-0.2, -0.15) is 0 Å². The lowest BCUT2D eigenvalue weighted by molar-refractivity contribution is 0.0466. The third kappa shape index (κ3) is 6.18. The number of benzene rings is 1. The van der Waals surface area contributed by atoms with E-state index in [9.17, 15) is 4.79 Å². The molecule has 0 spiro atoms. The van der Waals surface area contributed by atoms with Crippen LogP contribution in [0.4, 0.5) is 5.69 Å². The summed E-state index contributed by atoms with van der Waals surface area (Å²) in [6, 6.07) is 4.73. The highest BCUT2D eigenvalue weighted by Gasteiger charge is 2.11. The molecular formula is C16H24N4O3. The van der Waals surface area contributed by atoms with E-state index in [0.29, 0.717) is 36.8 Å². The third-order valence-electron chi connectivity index (χ3n) is 3.34. The van der Waals surface area contributed by atoms with Crippen LogP contribution in [0.15, 0.2) is 23.3 Å². The lowest BCUT2D eigenvalue weighted by Crippen LogP contribution is -2.27. The topological polar surface area (TPSA) is 87.5 Å². The summed E-state index contributed by atoms with van der Waals surface area (Å²) in [4.78, 5) is 17.0. The van der Waals surface area contributed by atoms with Gasteiger partial charge >= 0.3 is 5.97 Å². The number of carbonyl (C=O) groups excluding carboxylic acids is 1. The van der Waals surface area contributed by atoms with Crippen LogP contribution in [-0.2, 0) is 4.74 Å². The van der Waals surface area contributed by atoms with E-state index in [-0.39, 0.29) is 0 Å². The summed E-state index contributed by atoms with van der Waals surface area (Å²) in [7, 11) is 0. The Balaban J connectivity index is 2.73. The Morgan fingerprint density at radius 1 is 1.26 bits per heavy atom. The minimum Gasteiger partial charge on any atom is -0.493 e. The molecule has 0 aliphatic carbocycles. The van der Waals surface area contributed by atoms with E-state index in [0.717, 1.165) is 19.5 Å². The Bertz CT molecular complexity index is 552. The van der Waals surface area contributed by atoms with Crippen molar-refractivity contribution in [3.63, 3.8) is 0 Å². The largest absolute Gasteiger partial charge is 0.493 e. The highest BCUT2D eigenvalue weighted by molar-refractivity contribution is 5.91. The van der Waals surface area contributed by atoms with Crippen LogP contribution in [0.2, 0.25) is 0 Å². The Labute approximate surface area is 136 Å². The minimum absolute atomic E-state index is 0.291. The molecule has 126 valence electrons. The number of ether oxygens (including phenoxy) is 2. The van der Waals surface area contributed by atoms with Gasteiger partial charge in [0.1, 0.15) is 12.4 Å². The van der Waals surface area contributed by atoms with Crippen LogP contribution in [-0.4, -0.2) is 43.7 Å². The number of likely N-dealkylation sites (N-methyl/N-ethyl adjacent to an activating group) is 1. The first-order valence-electron chi connectivity index (χ1n) is 7.87. The zero-order valence-corrected chi connectivity index (χ0v) is 14.0. The van der Waals surface area contributed by atoms with Gasteiger partial charge < -0.3 is 14.4 Å². The van der Waals surface area contributed by atoms with Crippen LogP contribution in [0.25, 0.3) is 10.4 Å². The van der Waals surface area contributed by atoms with Gasteiger partial charge in [-0.3, -0.25) is 0 Å². The maximum Gasteiger partial charge on any atom is 0.338 e. The van der Waals surface area contributed by atoms with Crippen molar-refractivity contribution in [2.45, 2.75) is 27.2 Å². The molecule has 0 aliphatic heterocycles. The van der Waals surface area contributed by atoms with E-state index in [1.807, 2.05) is 6.92 Å². The maximum absolute atomic E-state index is 12.1. The van der Waals surface area contributed by atoms with Crippen molar-refractivity contribution in [2.24, 2.45) is 5.11 Å². The Morgan fingerprint density at radius 2 is 2.00 bits per heavy atom. The van der Waals surface area contributed by atoms with E-state index in [4.69, 9.17) is 15.0 Å². The Hall–Kier alpha value is -2.24. The molecule has 0 aromatic heterocycles. The molecule has 0 atom stereocenters. The van der Waals surface area contributed by atoms with Crippen molar-refractivity contribution in [3.8, 4) is 5.75 Å². The second kappa shape index (κ2) is 10.5. The van der Waals surface area contributed by atoms with Crippen LogP contribution in [0.3, 0.4) is 0 Å². The SMILES string of the molecule is CCCOc1ccc(C(=O)OCCN(CC)CC)cc1N=[N+]=[N-]. The zero-order chi connectivity index (χ0) is 17.1. The second-order valence-corrected chi connectivity index (χ2v) is 4.88. The molecule has 0 fully saturated rings. The molecule has 0 aliphatic rings. The van der Waals surface area contributed by atoms with Crippen molar-refractivity contribution < 1.29 is 14.3 Å². The normalized spacial score (nSPS) is 10.3. The first-order valence-corrected chi connectivity index (χ1v) is 7.87. The minimum atomic E-state index is -0.436. The zero-order valence-electron chi connectivity index (χ0n) is 14.0. The van der Waals surface area contributed by atoms with Gasteiger partial charge in [-0.25, -0.2) is 4.79 Å². The van der Waals surface area contributed by atoms with Crippen LogP contribution in [0, 0.1) is 0 Å². The summed E-state index contributed by atoms with van der Waals surface area (Å²) in [5.74, 6) is 0.0259. The van der Waals surface area contributed by atoms with Gasteiger partial charge in [-0.15, -0.1) is 0 Å². The molecule has 1 rings (SSSR count). The van der Waals surface area contributed by atoms with Gasteiger partial charge in [0.15, 0.2) is 0 Å². The first-order chi connectivity index (χ1) is 11.2. The molecule has 0 radical (unpaired) electrons. The van der Waals surface area contributed by atoms with Crippen molar-refractivity contribution in [1.82, 2.24) is 4.90 Å². The molecule has 7 nitrogen and oxygen atoms in total. The quantitative estimate of drug-likeness (QED) is 0.283. The summed E-state index contributed by atoms with van der Waals surface area (Å²) in [5.41, 5.74) is 9.27. The van der Waals surface area contributed by atoms with Gasteiger partial charge in [0.25, 0.3) is 0 Å². The molecule has 0 amide bonds. The average molecular weight is 320 g/mol. The number of azide groups is 1. The molecule has 0 saturated heterocycles. The number of rotatable bonds is 10. The third-order valence-corrected chi connectivity index (χ3v) is 3.34. The van der Waals surface area contributed by atoms with Gasteiger partial charge in [-0.05, 0) is 43.2 Å². The standard InChI is InChI=1S/C16H24N4O3/c1-4-10-22-15-8-7-13(12-14(15)18-19-17)16(21)23-11-9-20(5-2)6-3/h7-8,12H,4-6,9-11H2,1-3H3. The van der Waals surface area contributed by atoms with Crippen molar-refractivity contribution in [1.29, 1.82) is 0 Å². The molecule has 0 heterocycles. The Morgan fingerprint density at radius 3 is 2.61 bits per heavy atom. The smallest absolute Gasteiger partial charge is 0.338 e. The summed E-state index contributed by atoms with van der Waals surface area (Å²) >= 11 is 0. The highest BCUT2D eigenvalue weighted by Crippen LogP contribution is 2.29.